The van der Waals surface area contributed by atoms with Crippen LogP contribution in [0.1, 0.15) is 21.5 Å². The lowest BCUT2D eigenvalue weighted by molar-refractivity contribution is 0.0762. The van der Waals surface area contributed by atoms with E-state index in [4.69, 9.17) is 11.7 Å². The summed E-state index contributed by atoms with van der Waals surface area (Å²) in [5.41, 5.74) is 5.83. The minimum absolute atomic E-state index is 0.139. The number of rotatable bonds is 3. The Kier molecular flexibility index (Phi) is 3.57. The molecular formula is C18H18N4O2. The van der Waals surface area contributed by atoms with E-state index in [1.165, 1.54) is 5.01 Å². The van der Waals surface area contributed by atoms with Gasteiger partial charge in [0.1, 0.15) is 0 Å². The molecule has 3 aromatic rings. The molecule has 1 aliphatic heterocycles. The largest absolute Gasteiger partial charge is 0.354 e. The van der Waals surface area contributed by atoms with Crippen LogP contribution in [0.3, 0.4) is 0 Å². The summed E-state index contributed by atoms with van der Waals surface area (Å²) in [6.07, 6.45) is 0.711. The number of hydrogen-bond acceptors (Lipinski definition) is 4. The second kappa shape index (κ2) is 5.76. The zero-order valence-corrected chi connectivity index (χ0v) is 13.1. The summed E-state index contributed by atoms with van der Waals surface area (Å²) in [6.45, 7) is 0.868. The maximum absolute atomic E-state index is 12.4. The van der Waals surface area contributed by atoms with Crippen LogP contribution in [0.4, 0.5) is 0 Å². The molecule has 2 aromatic carbocycles. The van der Waals surface area contributed by atoms with Gasteiger partial charge in [0.15, 0.2) is 0 Å². The first kappa shape index (κ1) is 14.9. The maximum atomic E-state index is 12.4. The number of hydrogen-bond donors (Lipinski definition) is 3. The number of nitrogens with zero attached hydrogens (tertiary/aromatic N) is 1. The first-order chi connectivity index (χ1) is 11.7. The van der Waals surface area contributed by atoms with Crippen LogP contribution in [0, 0.1) is 0 Å². The molecule has 1 aliphatic rings. The summed E-state index contributed by atoms with van der Waals surface area (Å²) in [5, 5.41) is 2.26. The average Bonchev–Trinajstić information content (AvgIpc) is 2.92. The number of amides is 1. The van der Waals surface area contributed by atoms with Crippen LogP contribution in [0.15, 0.2) is 42.5 Å². The number of hydrazine groups is 1. The van der Waals surface area contributed by atoms with Crippen LogP contribution in [0.25, 0.3) is 22.2 Å². The van der Waals surface area contributed by atoms with E-state index < -0.39 is 0 Å². The summed E-state index contributed by atoms with van der Waals surface area (Å²) in [4.78, 5) is 20.6. The van der Waals surface area contributed by atoms with Crippen LogP contribution < -0.4 is 11.7 Å². The van der Waals surface area contributed by atoms with Crippen LogP contribution in [-0.4, -0.2) is 22.4 Å². The summed E-state index contributed by atoms with van der Waals surface area (Å²) >= 11 is 0. The summed E-state index contributed by atoms with van der Waals surface area (Å²) in [7, 11) is 0. The molecule has 0 saturated carbocycles. The Balaban J connectivity index is 1.89. The molecular weight excluding hydrogens is 304 g/mol. The highest BCUT2D eigenvalue weighted by Gasteiger charge is 2.25. The molecule has 2 heterocycles. The molecule has 0 unspecified atom stereocenters. The van der Waals surface area contributed by atoms with Gasteiger partial charge in [-0.15, -0.1) is 0 Å². The molecule has 122 valence electrons. The van der Waals surface area contributed by atoms with Gasteiger partial charge < -0.3 is 4.98 Å². The van der Waals surface area contributed by atoms with E-state index in [-0.39, 0.29) is 5.91 Å². The molecule has 24 heavy (non-hydrogen) atoms. The van der Waals surface area contributed by atoms with Gasteiger partial charge in [0.2, 0.25) is 0 Å². The van der Waals surface area contributed by atoms with Crippen molar-refractivity contribution in [1.82, 2.24) is 9.99 Å². The van der Waals surface area contributed by atoms with Crippen LogP contribution in [0.2, 0.25) is 0 Å². The Morgan fingerprint density at radius 2 is 1.96 bits per heavy atom. The van der Waals surface area contributed by atoms with E-state index in [1.54, 1.807) is 0 Å². The number of aromatic nitrogens is 1. The van der Waals surface area contributed by atoms with Crippen molar-refractivity contribution in [3.8, 4) is 11.3 Å². The summed E-state index contributed by atoms with van der Waals surface area (Å²) < 4.78 is 0. The highest BCUT2D eigenvalue weighted by Crippen LogP contribution is 2.34. The van der Waals surface area contributed by atoms with Crippen molar-refractivity contribution in [1.29, 1.82) is 0 Å². The highest BCUT2D eigenvalue weighted by atomic mass is 16.6. The molecule has 1 amide bonds. The molecule has 0 bridgehead atoms. The molecule has 6 nitrogen and oxygen atoms in total. The second-order valence-electron chi connectivity index (χ2n) is 5.96. The van der Waals surface area contributed by atoms with E-state index in [9.17, 15) is 4.79 Å². The van der Waals surface area contributed by atoms with Gasteiger partial charge in [0.05, 0.1) is 12.2 Å². The van der Waals surface area contributed by atoms with Gasteiger partial charge in [-0.05, 0) is 35.2 Å². The minimum atomic E-state index is -0.139. The molecule has 0 atom stereocenters. The quantitative estimate of drug-likeness (QED) is 0.391. The van der Waals surface area contributed by atoms with Gasteiger partial charge in [-0.3, -0.25) is 14.6 Å². The number of aromatic amines is 1. The smallest absolute Gasteiger partial charge is 0.268 e. The van der Waals surface area contributed by atoms with Gasteiger partial charge in [0, 0.05) is 23.1 Å². The van der Waals surface area contributed by atoms with Crippen LogP contribution in [-0.2, 0) is 17.9 Å². The minimum Gasteiger partial charge on any atom is -0.354 e. The zero-order valence-electron chi connectivity index (χ0n) is 13.1. The topological polar surface area (TPSA) is 97.4 Å². The fourth-order valence-electron chi connectivity index (χ4n) is 3.34. The van der Waals surface area contributed by atoms with Gasteiger partial charge in [-0.1, -0.05) is 30.3 Å². The monoisotopic (exact) mass is 322 g/mol. The molecule has 6 heteroatoms. The Labute approximate surface area is 138 Å². The van der Waals surface area contributed by atoms with Crippen molar-refractivity contribution < 1.29 is 9.63 Å². The molecule has 0 spiro atoms. The molecule has 0 fully saturated rings. The molecule has 4 rings (SSSR count). The van der Waals surface area contributed by atoms with Gasteiger partial charge >= 0.3 is 0 Å². The SMILES string of the molecule is NOCc1ccc(-c2[nH]c3cccc4c3c2CCN(N)C4=O)cc1. The van der Waals surface area contributed by atoms with E-state index in [1.807, 2.05) is 42.5 Å². The summed E-state index contributed by atoms with van der Waals surface area (Å²) in [5.74, 6) is 10.9. The first-order valence-corrected chi connectivity index (χ1v) is 7.80. The van der Waals surface area contributed by atoms with Crippen LogP contribution >= 0.6 is 0 Å². The second-order valence-corrected chi connectivity index (χ2v) is 5.96. The Bertz CT molecular complexity index is 915. The van der Waals surface area contributed by atoms with E-state index in [2.05, 4.69) is 9.82 Å². The van der Waals surface area contributed by atoms with Crippen molar-refractivity contribution in [3.05, 3.63) is 59.2 Å². The van der Waals surface area contributed by atoms with E-state index in [0.29, 0.717) is 25.1 Å². The van der Waals surface area contributed by atoms with Crippen molar-refractivity contribution in [3.63, 3.8) is 0 Å². The van der Waals surface area contributed by atoms with Crippen molar-refractivity contribution in [2.45, 2.75) is 13.0 Å². The predicted molar refractivity (Wildman–Crippen MR) is 91.6 cm³/mol. The molecule has 5 N–H and O–H groups in total. The Morgan fingerprint density at radius 1 is 1.17 bits per heavy atom. The summed E-state index contributed by atoms with van der Waals surface area (Å²) in [6, 6.07) is 13.7. The Hall–Kier alpha value is -2.67. The number of benzene rings is 2. The number of nitrogens with one attached hydrogen (secondary N) is 1. The molecule has 0 saturated heterocycles. The van der Waals surface area contributed by atoms with Gasteiger partial charge in [-0.2, -0.15) is 0 Å². The Morgan fingerprint density at radius 3 is 2.71 bits per heavy atom. The maximum Gasteiger partial charge on any atom is 0.268 e. The van der Waals surface area contributed by atoms with Crippen molar-refractivity contribution in [2.75, 3.05) is 6.54 Å². The average molecular weight is 322 g/mol. The lowest BCUT2D eigenvalue weighted by Gasteiger charge is -2.13. The number of H-pyrrole nitrogens is 1. The number of carbonyl (C=O) groups is 1. The number of nitrogens with two attached hydrogens (primary N) is 2. The van der Waals surface area contributed by atoms with E-state index in [0.717, 1.165) is 33.3 Å². The normalized spacial score (nSPS) is 14.2. The zero-order chi connectivity index (χ0) is 16.7. The third-order valence-electron chi connectivity index (χ3n) is 4.51. The molecule has 1 aromatic heterocycles. The van der Waals surface area contributed by atoms with Crippen LogP contribution in [0.5, 0.6) is 0 Å². The number of carbonyl (C=O) groups excluding carboxylic acids is 1. The molecule has 0 aliphatic carbocycles. The van der Waals surface area contributed by atoms with E-state index >= 15 is 0 Å². The highest BCUT2D eigenvalue weighted by molar-refractivity contribution is 6.09. The third-order valence-corrected chi connectivity index (χ3v) is 4.51. The lowest BCUT2D eigenvalue weighted by Crippen LogP contribution is -2.37. The fourth-order valence-corrected chi connectivity index (χ4v) is 3.34. The van der Waals surface area contributed by atoms with Crippen molar-refractivity contribution in [2.24, 2.45) is 11.7 Å². The lowest BCUT2D eigenvalue weighted by atomic mass is 10.00. The van der Waals surface area contributed by atoms with Gasteiger partial charge in [-0.25, -0.2) is 11.7 Å². The van der Waals surface area contributed by atoms with Crippen molar-refractivity contribution >= 4 is 16.8 Å². The standard InChI is InChI=1S/C18H18N4O2/c19-22-9-8-13-16-14(18(22)23)2-1-3-15(16)21-17(13)12-6-4-11(5-7-12)10-24-20/h1-7,21H,8-10,19-20H2. The predicted octanol–water partition coefficient (Wildman–Crippen LogP) is 2.10. The fraction of sp³-hybridized carbons (Fsp3) is 0.167. The first-order valence-electron chi connectivity index (χ1n) is 7.80. The third kappa shape index (κ3) is 2.28. The molecule has 0 radical (unpaired) electrons. The van der Waals surface area contributed by atoms with Gasteiger partial charge in [0.25, 0.3) is 5.91 Å².